The van der Waals surface area contributed by atoms with Crippen molar-refractivity contribution in [2.75, 3.05) is 6.61 Å². The Kier molecular flexibility index (Phi) is 5.76. The zero-order valence-corrected chi connectivity index (χ0v) is 9.74. The van der Waals surface area contributed by atoms with Crippen LogP contribution in [0.5, 0.6) is 0 Å². The number of ether oxygens (including phenoxy) is 1. The predicted molar refractivity (Wildman–Crippen MR) is 60.6 cm³/mol. The Bertz CT molecular complexity index is 301. The van der Waals surface area contributed by atoms with Crippen molar-refractivity contribution >= 4 is 29.6 Å². The second-order valence-corrected chi connectivity index (χ2v) is 3.97. The average Bonchev–Trinajstić information content (AvgIpc) is 2.51. The van der Waals surface area contributed by atoms with Crippen LogP contribution < -0.4 is 0 Å². The van der Waals surface area contributed by atoms with Crippen LogP contribution in [0.4, 0.5) is 0 Å². The van der Waals surface area contributed by atoms with E-state index >= 15 is 0 Å². The van der Waals surface area contributed by atoms with E-state index in [2.05, 4.69) is 0 Å². The van der Waals surface area contributed by atoms with E-state index in [0.29, 0.717) is 6.61 Å². The van der Waals surface area contributed by atoms with E-state index in [1.54, 1.807) is 6.92 Å². The first-order valence-corrected chi connectivity index (χ1v) is 4.92. The summed E-state index contributed by atoms with van der Waals surface area (Å²) in [5.41, 5.74) is 0. The maximum absolute atomic E-state index is 9.59. The van der Waals surface area contributed by atoms with Crippen LogP contribution in [0.2, 0.25) is 0 Å². The number of thiophene rings is 1. The lowest BCUT2D eigenvalue weighted by Crippen LogP contribution is -2.13. The van der Waals surface area contributed by atoms with Crippen molar-refractivity contribution in [1.82, 2.24) is 0 Å². The molecule has 0 aliphatic carbocycles. The van der Waals surface area contributed by atoms with E-state index in [1.165, 1.54) is 11.3 Å². The summed E-state index contributed by atoms with van der Waals surface area (Å²) in [5, 5.41) is 17.0. The smallest absolute Gasteiger partial charge is 0.215 e. The quantitative estimate of drug-likeness (QED) is 0.625. The van der Waals surface area contributed by atoms with Crippen molar-refractivity contribution in [1.29, 1.82) is 5.41 Å². The summed E-state index contributed by atoms with van der Waals surface area (Å²) in [6.07, 6.45) is -0.904. The van der Waals surface area contributed by atoms with E-state index in [4.69, 9.17) is 10.1 Å². The average molecular weight is 236 g/mol. The predicted octanol–water partition coefficient (Wildman–Crippen LogP) is 2.53. The van der Waals surface area contributed by atoms with Crippen LogP contribution in [0.15, 0.2) is 12.1 Å². The van der Waals surface area contributed by atoms with Gasteiger partial charge in [-0.05, 0) is 26.0 Å². The monoisotopic (exact) mass is 235 g/mol. The molecule has 1 rings (SSSR count). The molecule has 0 spiro atoms. The molecular weight excluding hydrogens is 222 g/mol. The Morgan fingerprint density at radius 1 is 1.64 bits per heavy atom. The van der Waals surface area contributed by atoms with Gasteiger partial charge in [-0.15, -0.1) is 23.7 Å². The Morgan fingerprint density at radius 3 is 2.71 bits per heavy atom. The number of aliphatic hydroxyl groups excluding tert-OH is 1. The summed E-state index contributed by atoms with van der Waals surface area (Å²) < 4.78 is 4.91. The minimum Gasteiger partial charge on any atom is -0.479 e. The summed E-state index contributed by atoms with van der Waals surface area (Å²) >= 11 is 1.48. The van der Waals surface area contributed by atoms with Gasteiger partial charge in [0.05, 0.1) is 6.61 Å². The second-order valence-electron chi connectivity index (χ2n) is 2.65. The van der Waals surface area contributed by atoms with E-state index in [9.17, 15) is 5.11 Å². The number of hydrogen-bond donors (Lipinski definition) is 2. The normalized spacial score (nSPS) is 11.6. The van der Waals surface area contributed by atoms with Crippen LogP contribution in [0.3, 0.4) is 0 Å². The molecule has 0 aromatic carbocycles. The molecule has 2 N–H and O–H groups in total. The lowest BCUT2D eigenvalue weighted by molar-refractivity contribution is 0.193. The molecule has 1 aromatic heterocycles. The molecule has 0 amide bonds. The molecule has 0 saturated carbocycles. The highest BCUT2D eigenvalue weighted by atomic mass is 35.5. The molecule has 1 heterocycles. The Hall–Kier alpha value is -0.580. The maximum atomic E-state index is 9.59. The Morgan fingerprint density at radius 2 is 2.29 bits per heavy atom. The molecule has 5 heteroatoms. The van der Waals surface area contributed by atoms with Gasteiger partial charge in [-0.3, -0.25) is 5.41 Å². The fourth-order valence-electron chi connectivity index (χ4n) is 0.964. The number of nitrogens with one attached hydrogen (secondary N) is 1. The summed E-state index contributed by atoms with van der Waals surface area (Å²) in [4.78, 5) is 1.88. The van der Waals surface area contributed by atoms with Gasteiger partial charge in [0.1, 0.15) is 0 Å². The summed E-state index contributed by atoms with van der Waals surface area (Å²) in [5.74, 6) is -0.0793. The molecule has 3 nitrogen and oxygen atoms in total. The van der Waals surface area contributed by atoms with Crippen molar-refractivity contribution in [2.45, 2.75) is 20.0 Å². The molecule has 1 unspecified atom stereocenters. The van der Waals surface area contributed by atoms with E-state index < -0.39 is 6.10 Å². The second kappa shape index (κ2) is 6.01. The molecule has 0 aliphatic rings. The number of aryl methyl sites for hydroxylation is 1. The lowest BCUT2D eigenvalue weighted by atomic mass is 10.3. The van der Waals surface area contributed by atoms with Crippen molar-refractivity contribution in [2.24, 2.45) is 0 Å². The summed E-state index contributed by atoms with van der Waals surface area (Å²) in [7, 11) is 0. The number of halogens is 1. The highest BCUT2D eigenvalue weighted by Crippen LogP contribution is 2.23. The molecule has 14 heavy (non-hydrogen) atoms. The third-order valence-electron chi connectivity index (χ3n) is 1.58. The SMILES string of the molecule is CCOC(=N)C(O)c1ccc(C)s1.Cl. The van der Waals surface area contributed by atoms with Gasteiger partial charge in [-0.25, -0.2) is 0 Å². The Balaban J connectivity index is 0.00000169. The zero-order chi connectivity index (χ0) is 9.84. The highest BCUT2D eigenvalue weighted by Gasteiger charge is 2.15. The van der Waals surface area contributed by atoms with Gasteiger partial charge in [0.2, 0.25) is 5.90 Å². The van der Waals surface area contributed by atoms with Gasteiger partial charge >= 0.3 is 0 Å². The first-order valence-electron chi connectivity index (χ1n) is 4.10. The Labute approximate surface area is 93.6 Å². The van der Waals surface area contributed by atoms with E-state index in [0.717, 1.165) is 9.75 Å². The van der Waals surface area contributed by atoms with Crippen molar-refractivity contribution in [3.05, 3.63) is 21.9 Å². The third kappa shape index (κ3) is 3.29. The molecule has 80 valence electrons. The number of rotatable bonds is 3. The molecule has 0 fully saturated rings. The minimum absolute atomic E-state index is 0. The molecular formula is C9H14ClNO2S. The van der Waals surface area contributed by atoms with Gasteiger partial charge in [-0.1, -0.05) is 0 Å². The van der Waals surface area contributed by atoms with Crippen molar-refractivity contribution < 1.29 is 9.84 Å². The largest absolute Gasteiger partial charge is 0.479 e. The number of hydrogen-bond acceptors (Lipinski definition) is 4. The third-order valence-corrected chi connectivity index (χ3v) is 2.63. The standard InChI is InChI=1S/C9H13NO2S.ClH/c1-3-12-9(10)8(11)7-5-4-6(2)13-7;/h4-5,8,10-11H,3H2,1-2H3;1H. The lowest BCUT2D eigenvalue weighted by Gasteiger charge is -2.09. The zero-order valence-electron chi connectivity index (χ0n) is 8.11. The van der Waals surface area contributed by atoms with Gasteiger partial charge in [0.25, 0.3) is 0 Å². The summed E-state index contributed by atoms with van der Waals surface area (Å²) in [6.45, 7) is 4.17. The molecule has 0 aliphatic heterocycles. The maximum Gasteiger partial charge on any atom is 0.215 e. The van der Waals surface area contributed by atoms with Crippen LogP contribution in [-0.2, 0) is 4.74 Å². The molecule has 1 aromatic rings. The fraction of sp³-hybridized carbons (Fsp3) is 0.444. The van der Waals surface area contributed by atoms with Gasteiger partial charge in [0, 0.05) is 9.75 Å². The fourth-order valence-corrected chi connectivity index (χ4v) is 1.83. The van der Waals surface area contributed by atoms with Crippen molar-refractivity contribution in [3.63, 3.8) is 0 Å². The van der Waals surface area contributed by atoms with E-state index in [1.807, 2.05) is 19.1 Å². The molecule has 0 bridgehead atoms. The molecule has 0 radical (unpaired) electrons. The van der Waals surface area contributed by atoms with E-state index in [-0.39, 0.29) is 18.3 Å². The summed E-state index contributed by atoms with van der Waals surface area (Å²) in [6, 6.07) is 3.74. The van der Waals surface area contributed by atoms with Gasteiger partial charge < -0.3 is 9.84 Å². The molecule has 1 atom stereocenters. The first kappa shape index (κ1) is 13.4. The topological polar surface area (TPSA) is 53.3 Å². The first-order chi connectivity index (χ1) is 6.15. The van der Waals surface area contributed by atoms with Crippen molar-refractivity contribution in [3.8, 4) is 0 Å². The van der Waals surface area contributed by atoms with Gasteiger partial charge in [0.15, 0.2) is 6.10 Å². The van der Waals surface area contributed by atoms with Gasteiger partial charge in [-0.2, -0.15) is 0 Å². The van der Waals surface area contributed by atoms with Crippen LogP contribution in [0, 0.1) is 12.3 Å². The molecule has 0 saturated heterocycles. The van der Waals surface area contributed by atoms with Crippen LogP contribution >= 0.6 is 23.7 Å². The van der Waals surface area contributed by atoms with Crippen LogP contribution in [0.25, 0.3) is 0 Å². The van der Waals surface area contributed by atoms with Crippen LogP contribution in [0.1, 0.15) is 22.8 Å². The minimum atomic E-state index is -0.904. The number of aliphatic hydroxyl groups is 1. The highest BCUT2D eigenvalue weighted by molar-refractivity contribution is 7.12. The van der Waals surface area contributed by atoms with Crippen LogP contribution in [-0.4, -0.2) is 17.6 Å².